The predicted molar refractivity (Wildman–Crippen MR) is 80.4 cm³/mol. The van der Waals surface area contributed by atoms with Gasteiger partial charge in [0.25, 0.3) is 0 Å². The van der Waals surface area contributed by atoms with Crippen molar-refractivity contribution >= 4 is 18.3 Å². The predicted octanol–water partition coefficient (Wildman–Crippen LogP) is 2.38. The molecule has 0 spiro atoms. The lowest BCUT2D eigenvalue weighted by Gasteiger charge is -2.24. The molecule has 0 aliphatic carbocycles. The van der Waals surface area contributed by atoms with Gasteiger partial charge in [-0.05, 0) is 24.8 Å². The quantitative estimate of drug-likeness (QED) is 0.925. The van der Waals surface area contributed by atoms with E-state index in [2.05, 4.69) is 0 Å². The molecule has 0 radical (unpaired) electrons. The maximum Gasteiger partial charge on any atom is 0.239 e. The van der Waals surface area contributed by atoms with Crippen LogP contribution in [0.15, 0.2) is 30.3 Å². The van der Waals surface area contributed by atoms with Gasteiger partial charge in [-0.1, -0.05) is 43.2 Å². The Morgan fingerprint density at radius 2 is 1.68 bits per heavy atom. The van der Waals surface area contributed by atoms with Gasteiger partial charge in [-0.25, -0.2) is 0 Å². The first-order valence-electron chi connectivity index (χ1n) is 6.85. The fraction of sp³-hybridized carbons (Fsp3) is 0.533. The van der Waals surface area contributed by atoms with E-state index in [1.54, 1.807) is 0 Å². The molecule has 1 aliphatic rings. The molecule has 4 heteroatoms. The highest BCUT2D eigenvalue weighted by atomic mass is 35.5. The van der Waals surface area contributed by atoms with E-state index in [0.717, 1.165) is 31.5 Å². The molecular formula is C15H23ClN2O. The van der Waals surface area contributed by atoms with Gasteiger partial charge in [0.05, 0.1) is 6.04 Å². The van der Waals surface area contributed by atoms with Crippen molar-refractivity contribution in [2.45, 2.75) is 38.1 Å². The van der Waals surface area contributed by atoms with Crippen LogP contribution in [0.2, 0.25) is 0 Å². The Morgan fingerprint density at radius 1 is 1.11 bits per heavy atom. The smallest absolute Gasteiger partial charge is 0.239 e. The highest BCUT2D eigenvalue weighted by Crippen LogP contribution is 2.11. The molecule has 106 valence electrons. The number of carbonyl (C=O) groups is 1. The Hall–Kier alpha value is -1.06. The minimum atomic E-state index is -0.398. The molecule has 2 N–H and O–H groups in total. The molecule has 1 saturated heterocycles. The van der Waals surface area contributed by atoms with Crippen LogP contribution in [0, 0.1) is 0 Å². The third-order valence-electron chi connectivity index (χ3n) is 3.53. The molecule has 1 aromatic carbocycles. The first kappa shape index (κ1) is 16.0. The van der Waals surface area contributed by atoms with Crippen LogP contribution < -0.4 is 5.73 Å². The summed E-state index contributed by atoms with van der Waals surface area (Å²) in [5, 5.41) is 0. The first-order valence-corrected chi connectivity index (χ1v) is 6.85. The van der Waals surface area contributed by atoms with E-state index < -0.39 is 6.04 Å². The van der Waals surface area contributed by atoms with Crippen molar-refractivity contribution in [3.63, 3.8) is 0 Å². The molecule has 1 atom stereocenters. The summed E-state index contributed by atoms with van der Waals surface area (Å²) in [7, 11) is 0. The largest absolute Gasteiger partial charge is 0.341 e. The summed E-state index contributed by atoms with van der Waals surface area (Å²) in [4.78, 5) is 14.2. The summed E-state index contributed by atoms with van der Waals surface area (Å²) in [6.45, 7) is 1.75. The molecular weight excluding hydrogens is 260 g/mol. The van der Waals surface area contributed by atoms with Crippen molar-refractivity contribution in [1.82, 2.24) is 4.90 Å². The molecule has 19 heavy (non-hydrogen) atoms. The van der Waals surface area contributed by atoms with Gasteiger partial charge >= 0.3 is 0 Å². The van der Waals surface area contributed by atoms with Gasteiger partial charge in [0.15, 0.2) is 0 Å². The molecule has 1 heterocycles. The van der Waals surface area contributed by atoms with Gasteiger partial charge in [0, 0.05) is 13.1 Å². The molecule has 1 unspecified atom stereocenters. The van der Waals surface area contributed by atoms with E-state index in [1.165, 1.54) is 12.8 Å². The van der Waals surface area contributed by atoms with E-state index in [0.29, 0.717) is 6.42 Å². The molecule has 2 rings (SSSR count). The van der Waals surface area contributed by atoms with Crippen molar-refractivity contribution in [3.8, 4) is 0 Å². The zero-order valence-corrected chi connectivity index (χ0v) is 12.1. The minimum absolute atomic E-state index is 0. The van der Waals surface area contributed by atoms with Gasteiger partial charge < -0.3 is 10.6 Å². The van der Waals surface area contributed by atoms with Crippen molar-refractivity contribution < 1.29 is 4.79 Å². The van der Waals surface area contributed by atoms with Crippen LogP contribution in [0.25, 0.3) is 0 Å². The molecule has 0 saturated carbocycles. The number of nitrogens with zero attached hydrogens (tertiary/aromatic N) is 1. The normalized spacial score (nSPS) is 17.2. The monoisotopic (exact) mass is 282 g/mol. The number of hydrogen-bond donors (Lipinski definition) is 1. The topological polar surface area (TPSA) is 46.3 Å². The van der Waals surface area contributed by atoms with Crippen LogP contribution in [-0.2, 0) is 11.2 Å². The lowest BCUT2D eigenvalue weighted by molar-refractivity contribution is -0.132. The molecule has 0 aromatic heterocycles. The van der Waals surface area contributed by atoms with Crippen LogP contribution in [0.5, 0.6) is 0 Å². The van der Waals surface area contributed by atoms with E-state index in [1.807, 2.05) is 35.2 Å². The fourth-order valence-corrected chi connectivity index (χ4v) is 2.48. The lowest BCUT2D eigenvalue weighted by atomic mass is 10.1. The highest BCUT2D eigenvalue weighted by molar-refractivity contribution is 5.85. The number of rotatable bonds is 3. The second-order valence-electron chi connectivity index (χ2n) is 5.04. The second kappa shape index (κ2) is 8.18. The Kier molecular flexibility index (Phi) is 6.89. The Balaban J connectivity index is 0.00000180. The standard InChI is InChI=1S/C15H22N2O.ClH/c16-14(12-13-8-4-3-5-9-13)15(18)17-10-6-1-2-7-11-17;/h3-5,8-9,14H,1-2,6-7,10-12,16H2;1H. The minimum Gasteiger partial charge on any atom is -0.341 e. The number of amides is 1. The maximum absolute atomic E-state index is 12.3. The van der Waals surface area contributed by atoms with E-state index in [-0.39, 0.29) is 18.3 Å². The summed E-state index contributed by atoms with van der Waals surface area (Å²) >= 11 is 0. The molecule has 0 bridgehead atoms. The van der Waals surface area contributed by atoms with Crippen LogP contribution in [0.4, 0.5) is 0 Å². The molecule has 3 nitrogen and oxygen atoms in total. The second-order valence-corrected chi connectivity index (χ2v) is 5.04. The Bertz CT molecular complexity index is 375. The van der Waals surface area contributed by atoms with E-state index >= 15 is 0 Å². The summed E-state index contributed by atoms with van der Waals surface area (Å²) in [5.74, 6) is 0.112. The van der Waals surface area contributed by atoms with E-state index in [4.69, 9.17) is 5.73 Å². The summed E-state index contributed by atoms with van der Waals surface area (Å²) in [5.41, 5.74) is 7.17. The number of likely N-dealkylation sites (tertiary alicyclic amines) is 1. The maximum atomic E-state index is 12.3. The average molecular weight is 283 g/mol. The lowest BCUT2D eigenvalue weighted by Crippen LogP contribution is -2.45. The zero-order chi connectivity index (χ0) is 12.8. The number of carbonyl (C=O) groups excluding carboxylic acids is 1. The van der Waals surface area contributed by atoms with Crippen LogP contribution in [0.3, 0.4) is 0 Å². The molecule has 1 fully saturated rings. The van der Waals surface area contributed by atoms with Crippen LogP contribution >= 0.6 is 12.4 Å². The average Bonchev–Trinajstić information content (AvgIpc) is 2.68. The third kappa shape index (κ3) is 4.84. The molecule has 1 amide bonds. The van der Waals surface area contributed by atoms with Gasteiger partial charge in [0.2, 0.25) is 5.91 Å². The first-order chi connectivity index (χ1) is 8.77. The van der Waals surface area contributed by atoms with Crippen molar-refractivity contribution in [2.75, 3.05) is 13.1 Å². The van der Waals surface area contributed by atoms with Crippen molar-refractivity contribution in [1.29, 1.82) is 0 Å². The Morgan fingerprint density at radius 3 is 2.26 bits per heavy atom. The summed E-state index contributed by atoms with van der Waals surface area (Å²) in [6, 6.07) is 9.60. The number of nitrogens with two attached hydrogens (primary N) is 1. The number of benzene rings is 1. The van der Waals surface area contributed by atoms with Gasteiger partial charge in [-0.15, -0.1) is 12.4 Å². The number of hydrogen-bond acceptors (Lipinski definition) is 2. The van der Waals surface area contributed by atoms with Crippen LogP contribution in [0.1, 0.15) is 31.2 Å². The van der Waals surface area contributed by atoms with Gasteiger partial charge in [-0.2, -0.15) is 0 Å². The third-order valence-corrected chi connectivity index (χ3v) is 3.53. The molecule has 1 aromatic rings. The SMILES string of the molecule is Cl.NC(Cc1ccccc1)C(=O)N1CCCCCC1. The zero-order valence-electron chi connectivity index (χ0n) is 11.3. The Labute approximate surface area is 121 Å². The fourth-order valence-electron chi connectivity index (χ4n) is 2.48. The van der Waals surface area contributed by atoms with Gasteiger partial charge in [-0.3, -0.25) is 4.79 Å². The van der Waals surface area contributed by atoms with Crippen molar-refractivity contribution in [2.24, 2.45) is 5.73 Å². The van der Waals surface area contributed by atoms with Crippen molar-refractivity contribution in [3.05, 3.63) is 35.9 Å². The number of halogens is 1. The molecule has 1 aliphatic heterocycles. The van der Waals surface area contributed by atoms with Gasteiger partial charge in [0.1, 0.15) is 0 Å². The summed E-state index contributed by atoms with van der Waals surface area (Å²) in [6.07, 6.45) is 5.33. The van der Waals surface area contributed by atoms with Crippen LogP contribution in [-0.4, -0.2) is 29.9 Å². The van der Waals surface area contributed by atoms with E-state index in [9.17, 15) is 4.79 Å². The highest BCUT2D eigenvalue weighted by Gasteiger charge is 2.21. The summed E-state index contributed by atoms with van der Waals surface area (Å²) < 4.78 is 0.